The smallest absolute Gasteiger partial charge is 0.337 e. The van der Waals surface area contributed by atoms with E-state index in [0.717, 1.165) is 17.3 Å². The Morgan fingerprint density at radius 1 is 1.62 bits per heavy atom. The summed E-state index contributed by atoms with van der Waals surface area (Å²) in [6.07, 6.45) is 2.29. The standard InChI is InChI=1S/C12H14BrNO2/c1-2-7-5-10(7)14-11-6-8(13)3-4-9(11)12(15)16/h3-4,6-7,10,14H,2,5H2,1H3,(H,15,16). The highest BCUT2D eigenvalue weighted by molar-refractivity contribution is 9.10. The molecule has 1 aromatic carbocycles. The molecule has 2 rings (SSSR count). The molecule has 3 nitrogen and oxygen atoms in total. The minimum atomic E-state index is -0.885. The summed E-state index contributed by atoms with van der Waals surface area (Å²) in [5.41, 5.74) is 1.05. The number of hydrogen-bond donors (Lipinski definition) is 2. The van der Waals surface area contributed by atoms with Gasteiger partial charge in [-0.3, -0.25) is 0 Å². The third-order valence-corrected chi connectivity index (χ3v) is 3.49. The van der Waals surface area contributed by atoms with Crippen LogP contribution in [0.1, 0.15) is 30.1 Å². The summed E-state index contributed by atoms with van der Waals surface area (Å²) >= 11 is 3.36. The van der Waals surface area contributed by atoms with Gasteiger partial charge in [-0.1, -0.05) is 29.3 Å². The largest absolute Gasteiger partial charge is 0.478 e. The fourth-order valence-electron chi connectivity index (χ4n) is 1.90. The van der Waals surface area contributed by atoms with E-state index >= 15 is 0 Å². The maximum absolute atomic E-state index is 11.0. The summed E-state index contributed by atoms with van der Waals surface area (Å²) in [6.45, 7) is 2.16. The van der Waals surface area contributed by atoms with E-state index in [-0.39, 0.29) is 0 Å². The monoisotopic (exact) mass is 283 g/mol. The molecule has 0 heterocycles. The van der Waals surface area contributed by atoms with Crippen molar-refractivity contribution in [3.63, 3.8) is 0 Å². The van der Waals surface area contributed by atoms with Crippen LogP contribution in [-0.2, 0) is 0 Å². The van der Waals surface area contributed by atoms with Crippen molar-refractivity contribution in [3.05, 3.63) is 28.2 Å². The summed E-state index contributed by atoms with van der Waals surface area (Å²) < 4.78 is 0.897. The van der Waals surface area contributed by atoms with Gasteiger partial charge in [0.05, 0.1) is 11.3 Å². The predicted molar refractivity (Wildman–Crippen MR) is 66.9 cm³/mol. The molecular weight excluding hydrogens is 270 g/mol. The lowest BCUT2D eigenvalue weighted by atomic mass is 10.1. The first kappa shape index (κ1) is 11.5. The lowest BCUT2D eigenvalue weighted by Crippen LogP contribution is -2.09. The molecule has 2 N–H and O–H groups in total. The Bertz CT molecular complexity index is 419. The topological polar surface area (TPSA) is 49.3 Å². The third kappa shape index (κ3) is 2.38. The summed E-state index contributed by atoms with van der Waals surface area (Å²) in [4.78, 5) is 11.0. The van der Waals surface area contributed by atoms with Gasteiger partial charge in [-0.2, -0.15) is 0 Å². The lowest BCUT2D eigenvalue weighted by molar-refractivity contribution is 0.0698. The van der Waals surface area contributed by atoms with Crippen LogP contribution in [0.15, 0.2) is 22.7 Å². The van der Waals surface area contributed by atoms with Crippen LogP contribution >= 0.6 is 15.9 Å². The van der Waals surface area contributed by atoms with Crippen molar-refractivity contribution in [3.8, 4) is 0 Å². The van der Waals surface area contributed by atoms with Crippen LogP contribution in [-0.4, -0.2) is 17.1 Å². The number of aromatic carboxylic acids is 1. The Balaban J connectivity index is 2.18. The normalized spacial score (nSPS) is 22.9. The molecule has 0 spiro atoms. The van der Waals surface area contributed by atoms with Gasteiger partial charge in [0.1, 0.15) is 0 Å². The first-order valence-electron chi connectivity index (χ1n) is 5.41. The fraction of sp³-hybridized carbons (Fsp3) is 0.417. The summed E-state index contributed by atoms with van der Waals surface area (Å²) in [6, 6.07) is 5.64. The average molecular weight is 284 g/mol. The summed E-state index contributed by atoms with van der Waals surface area (Å²) in [5.74, 6) is -0.190. The van der Waals surface area contributed by atoms with E-state index < -0.39 is 5.97 Å². The van der Waals surface area contributed by atoms with Crippen LogP contribution in [0.4, 0.5) is 5.69 Å². The highest BCUT2D eigenvalue weighted by Crippen LogP contribution is 2.37. The minimum absolute atomic E-state index is 0.338. The van der Waals surface area contributed by atoms with E-state index in [2.05, 4.69) is 28.2 Å². The summed E-state index contributed by atoms with van der Waals surface area (Å²) in [7, 11) is 0. The highest BCUT2D eigenvalue weighted by Gasteiger charge is 2.35. The second kappa shape index (κ2) is 4.45. The molecule has 0 radical (unpaired) electrons. The highest BCUT2D eigenvalue weighted by atomic mass is 79.9. The van der Waals surface area contributed by atoms with Gasteiger partial charge >= 0.3 is 5.97 Å². The molecule has 0 aromatic heterocycles. The van der Waals surface area contributed by atoms with Crippen molar-refractivity contribution in [1.29, 1.82) is 0 Å². The molecule has 0 aliphatic heterocycles. The van der Waals surface area contributed by atoms with Gasteiger partial charge in [0, 0.05) is 10.5 Å². The number of anilines is 1. The lowest BCUT2D eigenvalue weighted by Gasteiger charge is -2.09. The molecule has 4 heteroatoms. The Kier molecular flexibility index (Phi) is 3.19. The van der Waals surface area contributed by atoms with E-state index in [4.69, 9.17) is 5.11 Å². The summed E-state index contributed by atoms with van der Waals surface area (Å²) in [5, 5.41) is 12.4. The number of benzene rings is 1. The molecule has 1 saturated carbocycles. The molecule has 86 valence electrons. The SMILES string of the molecule is CCC1CC1Nc1cc(Br)ccc1C(=O)O. The molecule has 2 unspecified atom stereocenters. The zero-order chi connectivity index (χ0) is 11.7. The van der Waals surface area contributed by atoms with Crippen LogP contribution < -0.4 is 5.32 Å². The maximum Gasteiger partial charge on any atom is 0.337 e. The Morgan fingerprint density at radius 2 is 2.38 bits per heavy atom. The van der Waals surface area contributed by atoms with E-state index in [0.29, 0.717) is 23.2 Å². The molecule has 16 heavy (non-hydrogen) atoms. The number of halogens is 1. The number of nitrogens with one attached hydrogen (secondary N) is 1. The van der Waals surface area contributed by atoms with Gasteiger partial charge in [0.15, 0.2) is 0 Å². The van der Waals surface area contributed by atoms with Crippen molar-refractivity contribution in [1.82, 2.24) is 0 Å². The van der Waals surface area contributed by atoms with Crippen LogP contribution in [0.5, 0.6) is 0 Å². The molecule has 1 aliphatic rings. The van der Waals surface area contributed by atoms with Gasteiger partial charge in [-0.15, -0.1) is 0 Å². The van der Waals surface area contributed by atoms with Crippen molar-refractivity contribution in [2.24, 2.45) is 5.92 Å². The molecule has 0 bridgehead atoms. The van der Waals surface area contributed by atoms with Crippen molar-refractivity contribution < 1.29 is 9.90 Å². The zero-order valence-electron chi connectivity index (χ0n) is 9.03. The zero-order valence-corrected chi connectivity index (χ0v) is 10.6. The minimum Gasteiger partial charge on any atom is -0.478 e. The molecule has 1 aromatic rings. The first-order valence-corrected chi connectivity index (χ1v) is 6.20. The van der Waals surface area contributed by atoms with E-state index in [9.17, 15) is 4.79 Å². The van der Waals surface area contributed by atoms with E-state index in [1.165, 1.54) is 0 Å². The number of carbonyl (C=O) groups is 1. The van der Waals surface area contributed by atoms with E-state index in [1.54, 1.807) is 12.1 Å². The fourth-order valence-corrected chi connectivity index (χ4v) is 2.26. The molecular formula is C12H14BrNO2. The average Bonchev–Trinajstić information content (AvgIpc) is 2.96. The number of rotatable bonds is 4. The van der Waals surface area contributed by atoms with Crippen LogP contribution in [0, 0.1) is 5.92 Å². The molecule has 1 aliphatic carbocycles. The van der Waals surface area contributed by atoms with E-state index in [1.807, 2.05) is 6.07 Å². The van der Waals surface area contributed by atoms with Crippen molar-refractivity contribution in [2.75, 3.05) is 5.32 Å². The van der Waals surface area contributed by atoms with Crippen molar-refractivity contribution >= 4 is 27.6 Å². The van der Waals surface area contributed by atoms with Gasteiger partial charge < -0.3 is 10.4 Å². The van der Waals surface area contributed by atoms with Crippen molar-refractivity contribution in [2.45, 2.75) is 25.8 Å². The Morgan fingerprint density at radius 3 is 2.94 bits per heavy atom. The molecule has 2 atom stereocenters. The number of carboxylic acid groups (broad SMARTS) is 1. The van der Waals surface area contributed by atoms with Gasteiger partial charge in [0.2, 0.25) is 0 Å². The van der Waals surface area contributed by atoms with Gasteiger partial charge in [-0.25, -0.2) is 4.79 Å². The third-order valence-electron chi connectivity index (χ3n) is 3.00. The predicted octanol–water partition coefficient (Wildman–Crippen LogP) is 3.36. The second-order valence-electron chi connectivity index (χ2n) is 4.15. The number of hydrogen-bond acceptors (Lipinski definition) is 2. The molecule has 0 saturated heterocycles. The second-order valence-corrected chi connectivity index (χ2v) is 5.07. The van der Waals surface area contributed by atoms with Gasteiger partial charge in [0.25, 0.3) is 0 Å². The first-order chi connectivity index (χ1) is 7.61. The Labute approximate surface area is 103 Å². The number of carboxylic acids is 1. The van der Waals surface area contributed by atoms with Crippen LogP contribution in [0.25, 0.3) is 0 Å². The van der Waals surface area contributed by atoms with Crippen LogP contribution in [0.3, 0.4) is 0 Å². The maximum atomic E-state index is 11.0. The molecule has 1 fully saturated rings. The Hall–Kier alpha value is -1.03. The van der Waals surface area contributed by atoms with Gasteiger partial charge in [-0.05, 0) is 30.5 Å². The quantitative estimate of drug-likeness (QED) is 0.891. The van der Waals surface area contributed by atoms with Crippen LogP contribution in [0.2, 0.25) is 0 Å². The molecule has 0 amide bonds.